The lowest BCUT2D eigenvalue weighted by Gasteiger charge is -2.39. The molecule has 4 aromatic rings. The Balaban J connectivity index is 0.000000198. The van der Waals surface area contributed by atoms with Crippen molar-refractivity contribution in [1.82, 2.24) is 10.3 Å². The minimum atomic E-state index is -1.30. The Morgan fingerprint density at radius 3 is 2.47 bits per heavy atom. The lowest BCUT2D eigenvalue weighted by Crippen LogP contribution is -2.48. The topological polar surface area (TPSA) is 116 Å². The first-order valence-corrected chi connectivity index (χ1v) is 13.7. The zero-order valence-corrected chi connectivity index (χ0v) is 24.5. The molecule has 0 spiro atoms. The van der Waals surface area contributed by atoms with E-state index in [4.69, 9.17) is 26.7 Å². The minimum absolute atomic E-state index is 0.311. The highest BCUT2D eigenvalue weighted by Gasteiger charge is 2.29. The number of halogens is 3. The molecular formula is C32H29ClF2N4O4. The molecule has 1 fully saturated rings. The Bertz CT molecular complexity index is 1720. The maximum absolute atomic E-state index is 14.1. The van der Waals surface area contributed by atoms with Crippen LogP contribution in [0.15, 0.2) is 60.8 Å². The number of nitriles is 1. The molecule has 5 rings (SSSR count). The second kappa shape index (κ2) is 13.2. The summed E-state index contributed by atoms with van der Waals surface area (Å²) in [7, 11) is 0. The van der Waals surface area contributed by atoms with E-state index in [2.05, 4.69) is 30.1 Å². The van der Waals surface area contributed by atoms with Gasteiger partial charge in [-0.3, -0.25) is 14.6 Å². The maximum atomic E-state index is 14.1. The quantitative estimate of drug-likeness (QED) is 0.281. The molecule has 8 nitrogen and oxygen atoms in total. The highest BCUT2D eigenvalue weighted by molar-refractivity contribution is 6.33. The number of aliphatic carboxylic acids is 1. The molecule has 2 heterocycles. The van der Waals surface area contributed by atoms with Gasteiger partial charge in [0.25, 0.3) is 5.91 Å². The van der Waals surface area contributed by atoms with Crippen LogP contribution in [0.1, 0.15) is 35.3 Å². The van der Waals surface area contributed by atoms with Crippen molar-refractivity contribution in [3.63, 3.8) is 0 Å². The third-order valence-corrected chi connectivity index (χ3v) is 7.13. The highest BCUT2D eigenvalue weighted by atomic mass is 35.5. The van der Waals surface area contributed by atoms with Gasteiger partial charge in [0.2, 0.25) is 0 Å². The molecular weight excluding hydrogens is 578 g/mol. The molecule has 0 bridgehead atoms. The number of nitrogens with zero attached hydrogens (tertiary/aromatic N) is 3. The fraction of sp³-hybridized carbons (Fsp3) is 0.250. The van der Waals surface area contributed by atoms with Crippen LogP contribution in [-0.2, 0) is 9.53 Å². The van der Waals surface area contributed by atoms with Crippen molar-refractivity contribution < 1.29 is 28.2 Å². The molecule has 0 radical (unpaired) electrons. The van der Waals surface area contributed by atoms with Crippen LogP contribution < -0.4 is 10.2 Å². The molecule has 2 N–H and O–H groups in total. The lowest BCUT2D eigenvalue weighted by molar-refractivity contribution is -0.135. The Labute approximate surface area is 252 Å². The van der Waals surface area contributed by atoms with Gasteiger partial charge in [0.05, 0.1) is 29.4 Å². The number of carbonyl (C=O) groups is 2. The number of aromatic nitrogens is 1. The van der Waals surface area contributed by atoms with E-state index in [0.29, 0.717) is 36.0 Å². The summed E-state index contributed by atoms with van der Waals surface area (Å²) in [6.45, 7) is 6.46. The van der Waals surface area contributed by atoms with Crippen LogP contribution in [0.3, 0.4) is 0 Å². The maximum Gasteiger partial charge on any atom is 0.322 e. The van der Waals surface area contributed by atoms with Crippen LogP contribution >= 0.6 is 11.6 Å². The molecule has 43 heavy (non-hydrogen) atoms. The number of ether oxygens (including phenoxy) is 1. The molecule has 0 atom stereocenters. The van der Waals surface area contributed by atoms with Gasteiger partial charge in [0.1, 0.15) is 23.7 Å². The van der Waals surface area contributed by atoms with Gasteiger partial charge >= 0.3 is 5.97 Å². The average Bonchev–Trinajstić information content (AvgIpc) is 2.96. The first kappa shape index (κ1) is 31.3. The van der Waals surface area contributed by atoms with Crippen LogP contribution in [0.4, 0.5) is 14.5 Å². The van der Waals surface area contributed by atoms with E-state index in [1.807, 2.05) is 37.4 Å². The Hall–Kier alpha value is -4.59. The molecule has 1 aromatic heterocycles. The molecule has 1 aliphatic rings. The van der Waals surface area contributed by atoms with Gasteiger partial charge in [-0.25, -0.2) is 8.78 Å². The van der Waals surface area contributed by atoms with Crippen molar-refractivity contribution in [3.8, 4) is 17.2 Å². The standard InChI is InChI=1S/C17H11ClN2.C15H18F2N2O4/c1-11-4-6-15(17-13(11)3-2-8-20-17)14-7-5-12(10-19)9-16(14)18;1-15(2)8-19(3-4-23-15)9-5-10(16)13(11(17)6-9)14(22)18-7-12(20)21/h2-9H,1H3;5-6H,3-4,7-8H2,1-2H3,(H,18,22)(H,20,21). The van der Waals surface area contributed by atoms with E-state index in [1.54, 1.807) is 23.2 Å². The predicted octanol–water partition coefficient (Wildman–Crippen LogP) is 6.13. The number of rotatable bonds is 5. The first-order valence-electron chi connectivity index (χ1n) is 13.3. The van der Waals surface area contributed by atoms with Gasteiger partial charge in [0.15, 0.2) is 0 Å². The Morgan fingerprint density at radius 2 is 1.84 bits per heavy atom. The second-order valence-electron chi connectivity index (χ2n) is 10.5. The summed E-state index contributed by atoms with van der Waals surface area (Å²) in [6, 6.07) is 17.6. The van der Waals surface area contributed by atoms with Crippen molar-refractivity contribution in [1.29, 1.82) is 5.26 Å². The summed E-state index contributed by atoms with van der Waals surface area (Å²) in [5.74, 6) is -4.47. The number of amides is 1. The highest BCUT2D eigenvalue weighted by Crippen LogP contribution is 2.34. The molecule has 1 amide bonds. The molecule has 1 aliphatic heterocycles. The smallest absolute Gasteiger partial charge is 0.322 e. The van der Waals surface area contributed by atoms with Crippen molar-refractivity contribution in [2.75, 3.05) is 31.1 Å². The van der Waals surface area contributed by atoms with Crippen LogP contribution in [0.2, 0.25) is 5.02 Å². The largest absolute Gasteiger partial charge is 0.480 e. The van der Waals surface area contributed by atoms with Crippen LogP contribution in [-0.4, -0.2) is 53.8 Å². The molecule has 1 saturated heterocycles. The van der Waals surface area contributed by atoms with Crippen molar-refractivity contribution in [2.45, 2.75) is 26.4 Å². The van der Waals surface area contributed by atoms with Gasteiger partial charge in [0, 0.05) is 46.5 Å². The van der Waals surface area contributed by atoms with Crippen LogP contribution in [0, 0.1) is 29.9 Å². The molecule has 222 valence electrons. The van der Waals surface area contributed by atoms with E-state index in [0.717, 1.165) is 34.2 Å². The minimum Gasteiger partial charge on any atom is -0.480 e. The number of carboxylic acid groups (broad SMARTS) is 1. The first-order chi connectivity index (χ1) is 20.4. The number of carbonyl (C=O) groups excluding carboxylic acids is 1. The number of morpholine rings is 1. The summed E-state index contributed by atoms with van der Waals surface area (Å²) in [5, 5.41) is 21.0. The number of nitrogens with one attached hydrogen (secondary N) is 1. The van der Waals surface area contributed by atoms with Crippen molar-refractivity contribution in [2.24, 2.45) is 0 Å². The summed E-state index contributed by atoms with van der Waals surface area (Å²) >= 11 is 6.30. The molecule has 0 aliphatic carbocycles. The zero-order valence-electron chi connectivity index (χ0n) is 23.7. The summed E-state index contributed by atoms with van der Waals surface area (Å²) in [4.78, 5) is 28.3. The van der Waals surface area contributed by atoms with Gasteiger partial charge in [-0.1, -0.05) is 35.9 Å². The monoisotopic (exact) mass is 606 g/mol. The second-order valence-corrected chi connectivity index (χ2v) is 10.9. The molecule has 3 aromatic carbocycles. The number of hydrogen-bond donors (Lipinski definition) is 2. The number of fused-ring (bicyclic) bond motifs is 1. The molecule has 0 saturated carbocycles. The average molecular weight is 607 g/mol. The van der Waals surface area contributed by atoms with Gasteiger partial charge in [-0.05, 0) is 56.7 Å². The molecule has 11 heteroatoms. The van der Waals surface area contributed by atoms with Crippen LogP contribution in [0.5, 0.6) is 0 Å². The number of carboxylic acids is 1. The van der Waals surface area contributed by atoms with E-state index in [-0.39, 0.29) is 0 Å². The third kappa shape index (κ3) is 7.44. The zero-order chi connectivity index (χ0) is 31.3. The fourth-order valence-corrected chi connectivity index (χ4v) is 5.06. The van der Waals surface area contributed by atoms with Gasteiger partial charge in [-0.15, -0.1) is 0 Å². The number of pyridine rings is 1. The SMILES string of the molecule is CC1(C)CN(c2cc(F)c(C(=O)NCC(=O)O)c(F)c2)CCO1.Cc1ccc(-c2ccc(C#N)cc2Cl)c2ncccc12. The summed E-state index contributed by atoms with van der Waals surface area (Å²) < 4.78 is 33.8. The van der Waals surface area contributed by atoms with Crippen molar-refractivity contribution in [3.05, 3.63) is 94.1 Å². The number of benzene rings is 3. The van der Waals surface area contributed by atoms with Gasteiger partial charge in [-0.2, -0.15) is 5.26 Å². The van der Waals surface area contributed by atoms with Gasteiger partial charge < -0.3 is 20.1 Å². The summed E-state index contributed by atoms with van der Waals surface area (Å²) in [5.41, 5.74) is 3.63. The number of aryl methyl sites for hydroxylation is 1. The van der Waals surface area contributed by atoms with Crippen LogP contribution in [0.25, 0.3) is 22.0 Å². The normalized spacial score (nSPS) is 13.9. The van der Waals surface area contributed by atoms with E-state index < -0.39 is 41.2 Å². The van der Waals surface area contributed by atoms with E-state index in [1.165, 1.54) is 5.56 Å². The lowest BCUT2D eigenvalue weighted by atomic mass is 9.98. The predicted molar refractivity (Wildman–Crippen MR) is 160 cm³/mol. The van der Waals surface area contributed by atoms with Crippen molar-refractivity contribution >= 4 is 40.1 Å². The Kier molecular flexibility index (Phi) is 9.59. The molecule has 0 unspecified atom stereocenters. The summed E-state index contributed by atoms with van der Waals surface area (Å²) in [6.07, 6.45) is 1.78. The number of anilines is 1. The van der Waals surface area contributed by atoms with E-state index >= 15 is 0 Å². The fourth-order valence-electron chi connectivity index (χ4n) is 4.78. The third-order valence-electron chi connectivity index (χ3n) is 6.82. The Morgan fingerprint density at radius 1 is 1.14 bits per heavy atom. The van der Waals surface area contributed by atoms with E-state index in [9.17, 15) is 18.4 Å². The number of hydrogen-bond acceptors (Lipinski definition) is 6.